The van der Waals surface area contributed by atoms with E-state index < -0.39 is 21.5 Å². The number of benzene rings is 1. The first-order chi connectivity index (χ1) is 11.7. The van der Waals surface area contributed by atoms with Gasteiger partial charge in [-0.3, -0.25) is 0 Å². The normalized spacial score (nSPS) is 12.0. The van der Waals surface area contributed by atoms with Crippen molar-refractivity contribution in [3.05, 3.63) is 36.0 Å². The molecule has 0 aliphatic rings. The molecular formula is C16H21N3O5S. The van der Waals surface area contributed by atoms with Crippen LogP contribution in [0.15, 0.2) is 44.9 Å². The average molecular weight is 367 g/mol. The molecule has 136 valence electrons. The Kier molecular flexibility index (Phi) is 5.78. The van der Waals surface area contributed by atoms with Crippen LogP contribution in [0.3, 0.4) is 0 Å². The van der Waals surface area contributed by atoms with Gasteiger partial charge in [0.1, 0.15) is 11.3 Å². The van der Waals surface area contributed by atoms with E-state index in [4.69, 9.17) is 4.74 Å². The van der Waals surface area contributed by atoms with Crippen molar-refractivity contribution < 1.29 is 22.6 Å². The Balaban J connectivity index is 1.96. The van der Waals surface area contributed by atoms with Gasteiger partial charge >= 0.3 is 6.09 Å². The first kappa shape index (κ1) is 18.9. The maximum absolute atomic E-state index is 12.6. The molecule has 2 rings (SSSR count). The highest BCUT2D eigenvalue weighted by Gasteiger charge is 2.26. The quantitative estimate of drug-likeness (QED) is 0.780. The number of amides is 1. The lowest BCUT2D eigenvalue weighted by Gasteiger charge is -2.19. The van der Waals surface area contributed by atoms with Crippen molar-refractivity contribution in [3.8, 4) is 0 Å². The van der Waals surface area contributed by atoms with Crippen molar-refractivity contribution >= 4 is 15.9 Å². The summed E-state index contributed by atoms with van der Waals surface area (Å²) >= 11 is 0. The third kappa shape index (κ3) is 5.28. The van der Waals surface area contributed by atoms with Crippen LogP contribution in [0.5, 0.6) is 0 Å². The highest BCUT2D eigenvalue weighted by molar-refractivity contribution is 7.91. The van der Waals surface area contributed by atoms with Gasteiger partial charge in [-0.15, -0.1) is 0 Å². The van der Waals surface area contributed by atoms with Crippen LogP contribution in [-0.2, 0) is 21.0 Å². The Labute approximate surface area is 146 Å². The fourth-order valence-corrected chi connectivity index (χ4v) is 3.35. The Bertz CT molecular complexity index is 810. The molecule has 2 aromatic rings. The van der Waals surface area contributed by atoms with Gasteiger partial charge in [-0.1, -0.05) is 23.4 Å². The smallest absolute Gasteiger partial charge is 0.407 e. The molecular weight excluding hydrogens is 346 g/mol. The minimum atomic E-state index is -3.78. The number of hydrogen-bond acceptors (Lipinski definition) is 7. The number of alkyl carbamates (subject to hydrolysis) is 1. The van der Waals surface area contributed by atoms with Gasteiger partial charge in [-0.25, -0.2) is 17.8 Å². The standard InChI is InChI=1S/C16H21N3O5S/c1-16(2,3)23-15(20)17-11-7-10-13-14(19-24-18-13)25(21,22)12-8-5-4-6-9-12/h4-6,8-9H,7,10-11H2,1-3H3,(H,17,20). The Morgan fingerprint density at radius 1 is 1.20 bits per heavy atom. The monoisotopic (exact) mass is 367 g/mol. The molecule has 0 aliphatic heterocycles. The fraction of sp³-hybridized carbons (Fsp3) is 0.438. The van der Waals surface area contributed by atoms with Crippen LogP contribution < -0.4 is 5.32 Å². The SMILES string of the molecule is CC(C)(C)OC(=O)NCCCc1nonc1S(=O)(=O)c1ccccc1. The van der Waals surface area contributed by atoms with Crippen molar-refractivity contribution in [2.24, 2.45) is 0 Å². The summed E-state index contributed by atoms with van der Waals surface area (Å²) in [4.78, 5) is 11.7. The first-order valence-corrected chi connectivity index (χ1v) is 9.27. The molecule has 25 heavy (non-hydrogen) atoms. The number of carbonyl (C=O) groups is 1. The number of nitrogens with one attached hydrogen (secondary N) is 1. The largest absolute Gasteiger partial charge is 0.444 e. The van der Waals surface area contributed by atoms with Crippen LogP contribution in [0.1, 0.15) is 32.9 Å². The van der Waals surface area contributed by atoms with E-state index in [1.54, 1.807) is 39.0 Å². The molecule has 1 heterocycles. The van der Waals surface area contributed by atoms with Crippen LogP contribution >= 0.6 is 0 Å². The number of carbonyl (C=O) groups excluding carboxylic acids is 1. The molecule has 9 heteroatoms. The minimum Gasteiger partial charge on any atom is -0.444 e. The summed E-state index contributed by atoms with van der Waals surface area (Å²) in [6.07, 6.45) is 0.230. The van der Waals surface area contributed by atoms with Crippen LogP contribution in [0, 0.1) is 0 Å². The summed E-state index contributed by atoms with van der Waals surface area (Å²) < 4.78 is 34.8. The third-order valence-corrected chi connectivity index (χ3v) is 4.80. The van der Waals surface area contributed by atoms with Crippen molar-refractivity contribution in [2.45, 2.75) is 49.1 Å². The number of nitrogens with zero attached hydrogens (tertiary/aromatic N) is 2. The lowest BCUT2D eigenvalue weighted by molar-refractivity contribution is 0.0527. The third-order valence-electron chi connectivity index (χ3n) is 3.09. The molecule has 0 atom stereocenters. The van der Waals surface area contributed by atoms with Crippen LogP contribution in [0.25, 0.3) is 0 Å². The zero-order chi connectivity index (χ0) is 18.5. The number of sulfone groups is 1. The summed E-state index contributed by atoms with van der Waals surface area (Å²) in [5.41, 5.74) is -0.341. The predicted molar refractivity (Wildman–Crippen MR) is 88.7 cm³/mol. The maximum atomic E-state index is 12.6. The minimum absolute atomic E-state index is 0.124. The van der Waals surface area contributed by atoms with E-state index in [0.29, 0.717) is 19.4 Å². The summed E-state index contributed by atoms with van der Waals surface area (Å²) in [6.45, 7) is 5.63. The van der Waals surface area contributed by atoms with E-state index in [2.05, 4.69) is 20.3 Å². The topological polar surface area (TPSA) is 111 Å². The number of aryl methyl sites for hydroxylation is 1. The lowest BCUT2D eigenvalue weighted by atomic mass is 10.2. The first-order valence-electron chi connectivity index (χ1n) is 7.78. The number of rotatable bonds is 6. The molecule has 0 saturated heterocycles. The molecule has 1 N–H and O–H groups in total. The highest BCUT2D eigenvalue weighted by Crippen LogP contribution is 2.21. The summed E-state index contributed by atoms with van der Waals surface area (Å²) in [5.74, 6) is 0. The average Bonchev–Trinajstić information content (AvgIpc) is 3.00. The van der Waals surface area contributed by atoms with E-state index in [1.165, 1.54) is 12.1 Å². The Hall–Kier alpha value is -2.42. The zero-order valence-electron chi connectivity index (χ0n) is 14.4. The molecule has 0 bridgehead atoms. The fourth-order valence-electron chi connectivity index (χ4n) is 2.03. The van der Waals surface area contributed by atoms with Crippen molar-refractivity contribution in [3.63, 3.8) is 0 Å². The van der Waals surface area contributed by atoms with E-state index >= 15 is 0 Å². The van der Waals surface area contributed by atoms with Gasteiger partial charge in [-0.05, 0) is 50.9 Å². The zero-order valence-corrected chi connectivity index (χ0v) is 15.2. The van der Waals surface area contributed by atoms with Crippen LogP contribution in [0.2, 0.25) is 0 Å². The van der Waals surface area contributed by atoms with Gasteiger partial charge in [0.25, 0.3) is 0 Å². The molecule has 1 amide bonds. The van der Waals surface area contributed by atoms with E-state index in [-0.39, 0.29) is 15.6 Å². The van der Waals surface area contributed by atoms with Crippen LogP contribution in [0.4, 0.5) is 4.79 Å². The Morgan fingerprint density at radius 2 is 1.88 bits per heavy atom. The van der Waals surface area contributed by atoms with Crippen molar-refractivity contribution in [1.82, 2.24) is 15.6 Å². The number of ether oxygens (including phenoxy) is 1. The Morgan fingerprint density at radius 3 is 2.52 bits per heavy atom. The van der Waals surface area contributed by atoms with Gasteiger partial charge in [0.05, 0.1) is 4.90 Å². The van der Waals surface area contributed by atoms with Crippen LogP contribution in [-0.4, -0.2) is 37.0 Å². The molecule has 0 saturated carbocycles. The highest BCUT2D eigenvalue weighted by atomic mass is 32.2. The molecule has 0 radical (unpaired) electrons. The molecule has 0 unspecified atom stereocenters. The molecule has 1 aromatic heterocycles. The molecule has 1 aromatic carbocycles. The maximum Gasteiger partial charge on any atom is 0.407 e. The summed E-state index contributed by atoms with van der Waals surface area (Å²) in [6, 6.07) is 7.95. The molecule has 0 aliphatic carbocycles. The molecule has 8 nitrogen and oxygen atoms in total. The van der Waals surface area contributed by atoms with Gasteiger partial charge in [-0.2, -0.15) is 0 Å². The molecule has 0 spiro atoms. The second-order valence-corrected chi connectivity index (χ2v) is 8.23. The molecule has 0 fully saturated rings. The van der Waals surface area contributed by atoms with Gasteiger partial charge in [0.2, 0.25) is 14.9 Å². The number of aromatic nitrogens is 2. The van der Waals surface area contributed by atoms with Gasteiger partial charge in [0.15, 0.2) is 0 Å². The van der Waals surface area contributed by atoms with Gasteiger partial charge < -0.3 is 10.1 Å². The van der Waals surface area contributed by atoms with E-state index in [1.807, 2.05) is 0 Å². The van der Waals surface area contributed by atoms with E-state index in [9.17, 15) is 13.2 Å². The van der Waals surface area contributed by atoms with E-state index in [0.717, 1.165) is 0 Å². The summed E-state index contributed by atoms with van der Waals surface area (Å²) in [7, 11) is -3.78. The van der Waals surface area contributed by atoms with Crippen molar-refractivity contribution in [1.29, 1.82) is 0 Å². The lowest BCUT2D eigenvalue weighted by Crippen LogP contribution is -2.33. The van der Waals surface area contributed by atoms with Crippen molar-refractivity contribution in [2.75, 3.05) is 6.54 Å². The second kappa shape index (κ2) is 7.64. The second-order valence-electron chi connectivity index (χ2n) is 6.36. The van der Waals surface area contributed by atoms with Gasteiger partial charge in [0, 0.05) is 6.54 Å². The predicted octanol–water partition coefficient (Wildman–Crippen LogP) is 2.36. The summed E-state index contributed by atoms with van der Waals surface area (Å²) in [5, 5.41) is 9.62. The number of hydrogen-bond donors (Lipinski definition) is 1.